The third kappa shape index (κ3) is 4.78. The molecule has 1 saturated heterocycles. The third-order valence-corrected chi connectivity index (χ3v) is 7.70. The van der Waals surface area contributed by atoms with Gasteiger partial charge in [-0.3, -0.25) is 14.6 Å². The molecule has 2 aromatic heterocycles. The van der Waals surface area contributed by atoms with Gasteiger partial charge in [0.25, 0.3) is 5.91 Å². The summed E-state index contributed by atoms with van der Waals surface area (Å²) in [4.78, 5) is 22.2. The molecular weight excluding hydrogens is 462 g/mol. The molecule has 0 bridgehead atoms. The van der Waals surface area contributed by atoms with Crippen LogP contribution in [0.4, 0.5) is 5.82 Å². The standard InChI is InChI=1S/C30H33N5O2/c1-20-12-27(28(34(20)3)19-35-8-10-37-11-9-35)21-4-6-23-16-31-29(15-25(23)13-21)32-30(36)22-5-7-24-17-33(2)18-26(24)14-22/h4-7,12-16H,8-11,17-19H2,1-3H3,(H,31,32,36). The second kappa shape index (κ2) is 9.74. The maximum atomic E-state index is 13.0. The lowest BCUT2D eigenvalue weighted by Crippen LogP contribution is -2.36. The molecule has 7 heteroatoms. The maximum absolute atomic E-state index is 13.0. The van der Waals surface area contributed by atoms with Gasteiger partial charge in [0.05, 0.1) is 13.2 Å². The van der Waals surface area contributed by atoms with E-state index < -0.39 is 0 Å². The molecule has 1 fully saturated rings. The SMILES string of the molecule is Cc1cc(-c2ccc3cnc(NC(=O)c4ccc5c(c4)CN(C)C5)cc3c2)c(CN2CCOCC2)n1C. The average Bonchev–Trinajstić information content (AvgIpc) is 3.42. The Morgan fingerprint density at radius 1 is 0.973 bits per heavy atom. The molecule has 4 heterocycles. The minimum atomic E-state index is -0.133. The van der Waals surface area contributed by atoms with Crippen molar-refractivity contribution in [1.29, 1.82) is 0 Å². The smallest absolute Gasteiger partial charge is 0.256 e. The number of anilines is 1. The quantitative estimate of drug-likeness (QED) is 0.439. The van der Waals surface area contributed by atoms with E-state index in [0.717, 1.165) is 56.7 Å². The molecule has 0 atom stereocenters. The second-order valence-electron chi connectivity index (χ2n) is 10.3. The number of amides is 1. The Kier molecular flexibility index (Phi) is 6.28. The molecule has 37 heavy (non-hydrogen) atoms. The number of nitrogens with zero attached hydrogens (tertiary/aromatic N) is 4. The molecular formula is C30H33N5O2. The van der Waals surface area contributed by atoms with Crippen molar-refractivity contribution in [3.63, 3.8) is 0 Å². The summed E-state index contributed by atoms with van der Waals surface area (Å²) in [7, 11) is 4.24. The topological polar surface area (TPSA) is 62.6 Å². The van der Waals surface area contributed by atoms with Crippen LogP contribution in [0.5, 0.6) is 0 Å². The average molecular weight is 496 g/mol. The number of pyridine rings is 1. The highest BCUT2D eigenvalue weighted by atomic mass is 16.5. The van der Waals surface area contributed by atoms with Crippen LogP contribution in [0.15, 0.2) is 54.7 Å². The lowest BCUT2D eigenvalue weighted by Gasteiger charge is -2.27. The highest BCUT2D eigenvalue weighted by Crippen LogP contribution is 2.31. The fourth-order valence-corrected chi connectivity index (χ4v) is 5.47. The van der Waals surface area contributed by atoms with E-state index in [1.807, 2.05) is 24.4 Å². The summed E-state index contributed by atoms with van der Waals surface area (Å²) in [6.07, 6.45) is 1.83. The van der Waals surface area contributed by atoms with E-state index >= 15 is 0 Å². The van der Waals surface area contributed by atoms with Gasteiger partial charge in [0.15, 0.2) is 0 Å². The summed E-state index contributed by atoms with van der Waals surface area (Å²) in [6.45, 7) is 8.35. The van der Waals surface area contributed by atoms with Crippen molar-refractivity contribution < 1.29 is 9.53 Å². The number of carbonyl (C=O) groups excluding carboxylic acids is 1. The first kappa shape index (κ1) is 23.9. The number of hydrogen-bond donors (Lipinski definition) is 1. The Labute approximate surface area is 217 Å². The van der Waals surface area contributed by atoms with Crippen molar-refractivity contribution >= 4 is 22.5 Å². The summed E-state index contributed by atoms with van der Waals surface area (Å²) in [5.41, 5.74) is 8.14. The van der Waals surface area contributed by atoms with Crippen molar-refractivity contribution in [2.45, 2.75) is 26.6 Å². The van der Waals surface area contributed by atoms with E-state index in [9.17, 15) is 4.79 Å². The van der Waals surface area contributed by atoms with Gasteiger partial charge in [-0.15, -0.1) is 0 Å². The number of fused-ring (bicyclic) bond motifs is 2. The van der Waals surface area contributed by atoms with Gasteiger partial charge in [-0.2, -0.15) is 0 Å². The van der Waals surface area contributed by atoms with Gasteiger partial charge in [-0.1, -0.05) is 18.2 Å². The fourth-order valence-electron chi connectivity index (χ4n) is 5.47. The Morgan fingerprint density at radius 2 is 1.78 bits per heavy atom. The molecule has 0 aliphatic carbocycles. The van der Waals surface area contributed by atoms with Gasteiger partial charge < -0.3 is 14.6 Å². The predicted octanol–water partition coefficient (Wildman–Crippen LogP) is 4.58. The molecule has 2 aliphatic heterocycles. The van der Waals surface area contributed by atoms with Gasteiger partial charge in [0.1, 0.15) is 5.82 Å². The zero-order valence-electron chi connectivity index (χ0n) is 21.8. The molecule has 4 aromatic rings. The number of benzene rings is 2. The van der Waals surface area contributed by atoms with E-state index in [4.69, 9.17) is 4.74 Å². The van der Waals surface area contributed by atoms with Gasteiger partial charge in [-0.25, -0.2) is 4.98 Å². The number of ether oxygens (including phenoxy) is 1. The van der Waals surface area contributed by atoms with Crippen molar-refractivity contribution in [1.82, 2.24) is 19.4 Å². The third-order valence-electron chi connectivity index (χ3n) is 7.70. The van der Waals surface area contributed by atoms with E-state index in [-0.39, 0.29) is 5.91 Å². The van der Waals surface area contributed by atoms with E-state index in [1.165, 1.54) is 33.6 Å². The van der Waals surface area contributed by atoms with Crippen LogP contribution in [-0.2, 0) is 31.4 Å². The summed E-state index contributed by atoms with van der Waals surface area (Å²) in [5, 5.41) is 5.10. The first-order valence-corrected chi connectivity index (χ1v) is 12.9. The summed E-state index contributed by atoms with van der Waals surface area (Å²) >= 11 is 0. The number of rotatable bonds is 5. The van der Waals surface area contributed by atoms with Crippen molar-refractivity contribution in [2.24, 2.45) is 7.05 Å². The molecule has 1 amide bonds. The Bertz CT molecular complexity index is 1490. The molecule has 0 unspecified atom stereocenters. The van der Waals surface area contributed by atoms with Gasteiger partial charge in [-0.05, 0) is 66.4 Å². The van der Waals surface area contributed by atoms with Crippen LogP contribution in [-0.4, -0.2) is 58.6 Å². The number of aromatic nitrogens is 2. The van der Waals surface area contributed by atoms with Crippen LogP contribution < -0.4 is 5.32 Å². The minimum absolute atomic E-state index is 0.133. The number of hydrogen-bond acceptors (Lipinski definition) is 5. The molecule has 0 radical (unpaired) electrons. The second-order valence-corrected chi connectivity index (χ2v) is 10.3. The summed E-state index contributed by atoms with van der Waals surface area (Å²) < 4.78 is 7.83. The predicted molar refractivity (Wildman–Crippen MR) is 147 cm³/mol. The number of aryl methyl sites for hydroxylation is 1. The highest BCUT2D eigenvalue weighted by molar-refractivity contribution is 6.04. The fraction of sp³-hybridized carbons (Fsp3) is 0.333. The summed E-state index contributed by atoms with van der Waals surface area (Å²) in [6, 6.07) is 16.7. The van der Waals surface area contributed by atoms with E-state index in [0.29, 0.717) is 11.4 Å². The molecule has 0 saturated carbocycles. The molecule has 0 spiro atoms. The van der Waals surface area contributed by atoms with Crippen molar-refractivity contribution in [3.05, 3.63) is 82.8 Å². The Balaban J connectivity index is 1.27. The van der Waals surface area contributed by atoms with Crippen LogP contribution in [0.2, 0.25) is 0 Å². The zero-order valence-corrected chi connectivity index (χ0v) is 21.8. The Hall–Kier alpha value is -3.52. The van der Waals surface area contributed by atoms with Crippen LogP contribution in [0.1, 0.15) is 32.9 Å². The molecule has 2 aromatic carbocycles. The largest absolute Gasteiger partial charge is 0.379 e. The van der Waals surface area contributed by atoms with Crippen LogP contribution >= 0.6 is 0 Å². The lowest BCUT2D eigenvalue weighted by atomic mass is 10.0. The van der Waals surface area contributed by atoms with Crippen molar-refractivity contribution in [3.8, 4) is 11.1 Å². The van der Waals surface area contributed by atoms with Crippen LogP contribution in [0, 0.1) is 6.92 Å². The lowest BCUT2D eigenvalue weighted by molar-refractivity contribution is 0.0333. The van der Waals surface area contributed by atoms with E-state index in [2.05, 4.69) is 76.0 Å². The molecule has 190 valence electrons. The Morgan fingerprint density at radius 3 is 2.62 bits per heavy atom. The van der Waals surface area contributed by atoms with Crippen molar-refractivity contribution in [2.75, 3.05) is 38.7 Å². The zero-order chi connectivity index (χ0) is 25.5. The normalized spacial score (nSPS) is 16.3. The number of carbonyl (C=O) groups is 1. The molecule has 7 nitrogen and oxygen atoms in total. The first-order chi connectivity index (χ1) is 17.9. The van der Waals surface area contributed by atoms with Gasteiger partial charge >= 0.3 is 0 Å². The number of nitrogens with one attached hydrogen (secondary N) is 1. The van der Waals surface area contributed by atoms with Crippen LogP contribution in [0.3, 0.4) is 0 Å². The van der Waals surface area contributed by atoms with E-state index in [1.54, 1.807) is 0 Å². The first-order valence-electron chi connectivity index (χ1n) is 12.9. The van der Waals surface area contributed by atoms with Crippen LogP contribution in [0.25, 0.3) is 21.9 Å². The van der Waals surface area contributed by atoms with Gasteiger partial charge in [0, 0.05) is 73.9 Å². The molecule has 1 N–H and O–H groups in total. The molecule has 2 aliphatic rings. The molecule has 6 rings (SSSR count). The number of morpholine rings is 1. The highest BCUT2D eigenvalue weighted by Gasteiger charge is 2.19. The summed E-state index contributed by atoms with van der Waals surface area (Å²) in [5.74, 6) is 0.428. The maximum Gasteiger partial charge on any atom is 0.256 e. The monoisotopic (exact) mass is 495 g/mol. The minimum Gasteiger partial charge on any atom is -0.379 e. The van der Waals surface area contributed by atoms with Gasteiger partial charge in [0.2, 0.25) is 0 Å².